The highest BCUT2D eigenvalue weighted by atomic mass is 16.5. The predicted molar refractivity (Wildman–Crippen MR) is 81.7 cm³/mol. The van der Waals surface area contributed by atoms with Crippen LogP contribution in [-0.4, -0.2) is 33.3 Å². The van der Waals surface area contributed by atoms with Gasteiger partial charge in [0.05, 0.1) is 19.6 Å². The molecule has 0 aliphatic heterocycles. The molecule has 1 rings (SSSR count). The van der Waals surface area contributed by atoms with E-state index < -0.39 is 5.41 Å². The number of hydrogen-bond donors (Lipinski definition) is 1. The van der Waals surface area contributed by atoms with Gasteiger partial charge < -0.3 is 19.5 Å². The van der Waals surface area contributed by atoms with Gasteiger partial charge in [0.25, 0.3) is 0 Å². The molecule has 21 heavy (non-hydrogen) atoms. The quantitative estimate of drug-likeness (QED) is 0.746. The fourth-order valence-corrected chi connectivity index (χ4v) is 1.81. The van der Waals surface area contributed by atoms with Crippen LogP contribution >= 0.6 is 0 Å². The summed E-state index contributed by atoms with van der Waals surface area (Å²) < 4.78 is 15.9. The minimum atomic E-state index is -0.711. The first-order valence-electron chi connectivity index (χ1n) is 7.03. The van der Waals surface area contributed by atoms with Gasteiger partial charge in [0, 0.05) is 6.54 Å². The molecule has 5 heteroatoms. The Balaban J connectivity index is 2.82. The molecule has 0 amide bonds. The van der Waals surface area contributed by atoms with Gasteiger partial charge in [-0.2, -0.15) is 0 Å². The van der Waals surface area contributed by atoms with Gasteiger partial charge in [-0.05, 0) is 38.1 Å². The number of nitrogens with one attached hydrogen (secondary N) is 1. The number of methoxy groups -OCH3 is 2. The average Bonchev–Trinajstić information content (AvgIpc) is 2.50. The van der Waals surface area contributed by atoms with Crippen molar-refractivity contribution in [3.05, 3.63) is 23.8 Å². The zero-order valence-corrected chi connectivity index (χ0v) is 13.5. The number of benzene rings is 1. The van der Waals surface area contributed by atoms with Gasteiger partial charge in [-0.15, -0.1) is 0 Å². The van der Waals surface area contributed by atoms with Crippen molar-refractivity contribution in [1.29, 1.82) is 0 Å². The van der Waals surface area contributed by atoms with Crippen molar-refractivity contribution in [3.63, 3.8) is 0 Å². The zero-order valence-electron chi connectivity index (χ0n) is 13.5. The first-order chi connectivity index (χ1) is 9.94. The number of ether oxygens (including phenoxy) is 3. The van der Waals surface area contributed by atoms with Gasteiger partial charge in [0.2, 0.25) is 0 Å². The highest BCUT2D eigenvalue weighted by Crippen LogP contribution is 2.30. The summed E-state index contributed by atoms with van der Waals surface area (Å²) in [7, 11) is 2.97. The lowest BCUT2D eigenvalue weighted by Crippen LogP contribution is -2.32. The maximum atomic E-state index is 11.7. The van der Waals surface area contributed by atoms with E-state index in [-0.39, 0.29) is 12.6 Å². The fraction of sp³-hybridized carbons (Fsp3) is 0.562. The molecule has 0 aliphatic carbocycles. The second-order valence-corrected chi connectivity index (χ2v) is 5.43. The Morgan fingerprint density at radius 1 is 1.24 bits per heavy atom. The molecule has 0 aromatic heterocycles. The van der Waals surface area contributed by atoms with Gasteiger partial charge in [-0.3, -0.25) is 4.79 Å². The topological polar surface area (TPSA) is 56.8 Å². The number of carbonyl (C=O) groups is 1. The average molecular weight is 295 g/mol. The molecule has 0 unspecified atom stereocenters. The van der Waals surface area contributed by atoms with E-state index in [2.05, 4.69) is 12.2 Å². The third kappa shape index (κ3) is 4.93. The van der Waals surface area contributed by atoms with Crippen molar-refractivity contribution >= 4 is 5.97 Å². The minimum Gasteiger partial charge on any atom is -0.493 e. The van der Waals surface area contributed by atoms with Crippen LogP contribution < -0.4 is 14.8 Å². The van der Waals surface area contributed by atoms with Crippen LogP contribution in [-0.2, 0) is 16.1 Å². The fourth-order valence-electron chi connectivity index (χ4n) is 1.81. The number of hydrogen-bond acceptors (Lipinski definition) is 5. The number of rotatable bonds is 8. The standard InChI is InChI=1S/C16H25NO4/c1-6-17-10-12-7-8-13(19-4)14(9-12)21-11-16(2,3)15(18)20-5/h7-9,17H,6,10-11H2,1-5H3. The molecule has 0 radical (unpaired) electrons. The molecule has 5 nitrogen and oxygen atoms in total. The molecule has 0 atom stereocenters. The summed E-state index contributed by atoms with van der Waals surface area (Å²) in [6, 6.07) is 5.78. The molecule has 0 saturated heterocycles. The van der Waals surface area contributed by atoms with E-state index in [1.165, 1.54) is 7.11 Å². The lowest BCUT2D eigenvalue weighted by Gasteiger charge is -2.22. The van der Waals surface area contributed by atoms with Crippen molar-refractivity contribution in [2.45, 2.75) is 27.3 Å². The minimum absolute atomic E-state index is 0.223. The second-order valence-electron chi connectivity index (χ2n) is 5.43. The molecule has 0 heterocycles. The summed E-state index contributed by atoms with van der Waals surface area (Å²) in [6.45, 7) is 7.51. The molecule has 1 aromatic rings. The van der Waals surface area contributed by atoms with Crippen molar-refractivity contribution in [2.75, 3.05) is 27.4 Å². The summed E-state index contributed by atoms with van der Waals surface area (Å²) in [5.41, 5.74) is 0.390. The Labute approximate surface area is 126 Å². The molecule has 0 aliphatic rings. The predicted octanol–water partition coefficient (Wildman–Crippen LogP) is 2.38. The van der Waals surface area contributed by atoms with Gasteiger partial charge in [0.1, 0.15) is 6.61 Å². The Morgan fingerprint density at radius 2 is 1.95 bits per heavy atom. The Bertz CT molecular complexity index is 471. The SMILES string of the molecule is CCNCc1ccc(OC)c(OCC(C)(C)C(=O)OC)c1. The molecule has 1 aromatic carbocycles. The van der Waals surface area contributed by atoms with E-state index in [9.17, 15) is 4.79 Å². The lowest BCUT2D eigenvalue weighted by atomic mass is 9.95. The van der Waals surface area contributed by atoms with E-state index in [0.717, 1.165) is 18.7 Å². The highest BCUT2D eigenvalue weighted by molar-refractivity contribution is 5.75. The van der Waals surface area contributed by atoms with Gasteiger partial charge in [-0.1, -0.05) is 13.0 Å². The first kappa shape index (κ1) is 17.3. The van der Waals surface area contributed by atoms with Crippen molar-refractivity contribution in [3.8, 4) is 11.5 Å². The number of carbonyl (C=O) groups excluding carboxylic acids is 1. The van der Waals surface area contributed by atoms with Gasteiger partial charge in [0.15, 0.2) is 11.5 Å². The monoisotopic (exact) mass is 295 g/mol. The molecule has 0 spiro atoms. The van der Waals surface area contributed by atoms with Crippen molar-refractivity contribution in [1.82, 2.24) is 5.32 Å². The Kier molecular flexibility index (Phi) is 6.49. The summed E-state index contributed by atoms with van der Waals surface area (Å²) in [5.74, 6) is 0.978. The molecule has 118 valence electrons. The first-order valence-corrected chi connectivity index (χ1v) is 7.03. The summed E-state index contributed by atoms with van der Waals surface area (Å²) >= 11 is 0. The molecular formula is C16H25NO4. The van der Waals surface area contributed by atoms with Crippen LogP contribution in [0.1, 0.15) is 26.3 Å². The van der Waals surface area contributed by atoms with Crippen LogP contribution in [0.25, 0.3) is 0 Å². The number of esters is 1. The maximum Gasteiger partial charge on any atom is 0.314 e. The van der Waals surface area contributed by atoms with E-state index in [0.29, 0.717) is 11.5 Å². The normalized spacial score (nSPS) is 11.1. The summed E-state index contributed by atoms with van der Waals surface area (Å²) in [6.07, 6.45) is 0. The van der Waals surface area contributed by atoms with Crippen LogP contribution in [0.4, 0.5) is 0 Å². The molecule has 0 fully saturated rings. The van der Waals surface area contributed by atoms with E-state index >= 15 is 0 Å². The van der Waals surface area contributed by atoms with E-state index in [4.69, 9.17) is 14.2 Å². The van der Waals surface area contributed by atoms with Crippen LogP contribution in [0.2, 0.25) is 0 Å². The molecule has 0 bridgehead atoms. The van der Waals surface area contributed by atoms with Crippen LogP contribution in [0, 0.1) is 5.41 Å². The van der Waals surface area contributed by atoms with Gasteiger partial charge in [-0.25, -0.2) is 0 Å². The van der Waals surface area contributed by atoms with Gasteiger partial charge >= 0.3 is 5.97 Å². The lowest BCUT2D eigenvalue weighted by molar-refractivity contribution is -0.152. The Morgan fingerprint density at radius 3 is 2.52 bits per heavy atom. The van der Waals surface area contributed by atoms with Crippen LogP contribution in [0.3, 0.4) is 0 Å². The second kappa shape index (κ2) is 7.88. The van der Waals surface area contributed by atoms with Crippen LogP contribution in [0.15, 0.2) is 18.2 Å². The van der Waals surface area contributed by atoms with Crippen molar-refractivity contribution in [2.24, 2.45) is 5.41 Å². The van der Waals surface area contributed by atoms with E-state index in [1.807, 2.05) is 18.2 Å². The largest absolute Gasteiger partial charge is 0.493 e. The van der Waals surface area contributed by atoms with Crippen molar-refractivity contribution < 1.29 is 19.0 Å². The third-order valence-corrected chi connectivity index (χ3v) is 3.13. The summed E-state index contributed by atoms with van der Waals surface area (Å²) in [5, 5.41) is 3.26. The summed E-state index contributed by atoms with van der Waals surface area (Å²) in [4.78, 5) is 11.7. The van der Waals surface area contributed by atoms with E-state index in [1.54, 1.807) is 21.0 Å². The molecule has 1 N–H and O–H groups in total. The smallest absolute Gasteiger partial charge is 0.314 e. The van der Waals surface area contributed by atoms with Crippen LogP contribution in [0.5, 0.6) is 11.5 Å². The molecular weight excluding hydrogens is 270 g/mol. The highest BCUT2D eigenvalue weighted by Gasteiger charge is 2.30. The zero-order chi connectivity index (χ0) is 15.9. The Hall–Kier alpha value is -1.75. The molecule has 0 saturated carbocycles. The third-order valence-electron chi connectivity index (χ3n) is 3.13. The maximum absolute atomic E-state index is 11.7.